The lowest BCUT2D eigenvalue weighted by Crippen LogP contribution is -2.33. The van der Waals surface area contributed by atoms with Gasteiger partial charge in [-0.1, -0.05) is 18.6 Å². The van der Waals surface area contributed by atoms with E-state index in [-0.39, 0.29) is 5.91 Å². The quantitative estimate of drug-likeness (QED) is 0.779. The minimum absolute atomic E-state index is 0.000766. The van der Waals surface area contributed by atoms with Gasteiger partial charge in [0.1, 0.15) is 5.75 Å². The zero-order valence-corrected chi connectivity index (χ0v) is 12.8. The van der Waals surface area contributed by atoms with E-state index in [2.05, 4.69) is 37.1 Å². The van der Waals surface area contributed by atoms with E-state index in [9.17, 15) is 4.79 Å². The summed E-state index contributed by atoms with van der Waals surface area (Å²) in [6, 6.07) is 7.33. The highest BCUT2D eigenvalue weighted by atomic mass is 16.5. The molecule has 4 nitrogen and oxygen atoms in total. The highest BCUT2D eigenvalue weighted by Gasteiger charge is 2.08. The Labute approximate surface area is 121 Å². The molecule has 0 spiro atoms. The number of carbonyl (C=O) groups is 1. The van der Waals surface area contributed by atoms with Crippen LogP contribution in [-0.4, -0.2) is 37.6 Å². The second-order valence-corrected chi connectivity index (χ2v) is 4.89. The van der Waals surface area contributed by atoms with Crippen LogP contribution in [0.3, 0.4) is 0 Å². The van der Waals surface area contributed by atoms with Gasteiger partial charge in [-0.3, -0.25) is 9.69 Å². The first-order valence-electron chi connectivity index (χ1n) is 6.84. The number of rotatable bonds is 7. The summed E-state index contributed by atoms with van der Waals surface area (Å²) in [6.45, 7) is 8.22. The van der Waals surface area contributed by atoms with E-state index in [0.717, 1.165) is 24.5 Å². The Bertz CT molecular complexity index is 448. The maximum Gasteiger partial charge on any atom is 0.238 e. The fraction of sp³-hybridized carbons (Fsp3) is 0.438. The molecule has 0 atom stereocenters. The summed E-state index contributed by atoms with van der Waals surface area (Å²) < 4.78 is 5.08. The standard InChI is InChI=1S/C16H24N2O2/c1-5-18(11-10-13(2)3)12-16(19)17-14-6-8-15(20-4)9-7-14/h6-10H,5,11-12H2,1-4H3,(H,17,19). The van der Waals surface area contributed by atoms with Crippen molar-refractivity contribution in [2.24, 2.45) is 0 Å². The fourth-order valence-electron chi connectivity index (χ4n) is 1.70. The minimum atomic E-state index is -0.000766. The van der Waals surface area contributed by atoms with Gasteiger partial charge in [0.15, 0.2) is 0 Å². The van der Waals surface area contributed by atoms with Gasteiger partial charge in [-0.15, -0.1) is 0 Å². The smallest absolute Gasteiger partial charge is 0.238 e. The number of nitrogens with one attached hydrogen (secondary N) is 1. The molecule has 4 heteroatoms. The zero-order valence-electron chi connectivity index (χ0n) is 12.8. The Balaban J connectivity index is 2.50. The summed E-state index contributed by atoms with van der Waals surface area (Å²) in [7, 11) is 1.62. The number of allylic oxidation sites excluding steroid dienone is 1. The summed E-state index contributed by atoms with van der Waals surface area (Å²) >= 11 is 0. The van der Waals surface area contributed by atoms with Gasteiger partial charge in [0.25, 0.3) is 0 Å². The molecule has 110 valence electrons. The lowest BCUT2D eigenvalue weighted by atomic mass is 10.3. The number of hydrogen-bond donors (Lipinski definition) is 1. The Hall–Kier alpha value is -1.81. The van der Waals surface area contributed by atoms with Gasteiger partial charge in [-0.25, -0.2) is 0 Å². The summed E-state index contributed by atoms with van der Waals surface area (Å²) in [6.07, 6.45) is 2.13. The molecule has 1 aromatic carbocycles. The molecule has 0 fully saturated rings. The molecular weight excluding hydrogens is 252 g/mol. The van der Waals surface area contributed by atoms with Gasteiger partial charge >= 0.3 is 0 Å². The third kappa shape index (κ3) is 5.89. The van der Waals surface area contributed by atoms with Gasteiger partial charge < -0.3 is 10.1 Å². The van der Waals surface area contributed by atoms with Crippen molar-refractivity contribution >= 4 is 11.6 Å². The molecule has 0 bridgehead atoms. The molecule has 0 saturated carbocycles. The number of methoxy groups -OCH3 is 1. The van der Waals surface area contributed by atoms with Crippen molar-refractivity contribution in [3.05, 3.63) is 35.9 Å². The van der Waals surface area contributed by atoms with Gasteiger partial charge in [0, 0.05) is 12.2 Å². The number of hydrogen-bond acceptors (Lipinski definition) is 3. The van der Waals surface area contributed by atoms with Crippen molar-refractivity contribution in [3.8, 4) is 5.75 Å². The largest absolute Gasteiger partial charge is 0.497 e. The maximum atomic E-state index is 12.0. The van der Waals surface area contributed by atoms with Gasteiger partial charge in [0.2, 0.25) is 5.91 Å². The molecule has 0 aromatic heterocycles. The molecule has 0 aliphatic heterocycles. The lowest BCUT2D eigenvalue weighted by Gasteiger charge is -2.18. The molecule has 0 aliphatic carbocycles. The summed E-state index contributed by atoms with van der Waals surface area (Å²) in [5.41, 5.74) is 2.05. The van der Waals surface area contributed by atoms with Gasteiger partial charge in [0.05, 0.1) is 13.7 Å². The first kappa shape index (κ1) is 16.2. The SMILES string of the molecule is CCN(CC=C(C)C)CC(=O)Nc1ccc(OC)cc1. The van der Waals surface area contributed by atoms with Crippen LogP contribution in [0.25, 0.3) is 0 Å². The first-order valence-corrected chi connectivity index (χ1v) is 6.84. The second-order valence-electron chi connectivity index (χ2n) is 4.89. The van der Waals surface area contributed by atoms with Crippen LogP contribution < -0.4 is 10.1 Å². The number of ether oxygens (including phenoxy) is 1. The number of likely N-dealkylation sites (N-methyl/N-ethyl adjacent to an activating group) is 1. The van der Waals surface area contributed by atoms with Crippen molar-refractivity contribution in [3.63, 3.8) is 0 Å². The van der Waals surface area contributed by atoms with E-state index in [1.807, 2.05) is 24.3 Å². The molecule has 0 saturated heterocycles. The van der Waals surface area contributed by atoms with Crippen molar-refractivity contribution in [2.45, 2.75) is 20.8 Å². The van der Waals surface area contributed by atoms with Crippen LogP contribution in [0.5, 0.6) is 5.75 Å². The van der Waals surface area contributed by atoms with E-state index in [4.69, 9.17) is 4.74 Å². The molecule has 1 rings (SSSR count). The summed E-state index contributed by atoms with van der Waals surface area (Å²) in [4.78, 5) is 14.1. The van der Waals surface area contributed by atoms with Crippen LogP contribution in [0.1, 0.15) is 20.8 Å². The van der Waals surface area contributed by atoms with E-state index in [1.165, 1.54) is 5.57 Å². The van der Waals surface area contributed by atoms with E-state index >= 15 is 0 Å². The highest BCUT2D eigenvalue weighted by Crippen LogP contribution is 2.14. The third-order valence-electron chi connectivity index (χ3n) is 2.95. The highest BCUT2D eigenvalue weighted by molar-refractivity contribution is 5.92. The maximum absolute atomic E-state index is 12.0. The number of amides is 1. The molecular formula is C16H24N2O2. The van der Waals surface area contributed by atoms with Crippen molar-refractivity contribution in [1.82, 2.24) is 4.90 Å². The van der Waals surface area contributed by atoms with Crippen LogP contribution in [0.4, 0.5) is 5.69 Å². The van der Waals surface area contributed by atoms with Crippen LogP contribution in [0.2, 0.25) is 0 Å². The molecule has 0 radical (unpaired) electrons. The summed E-state index contributed by atoms with van der Waals surface area (Å²) in [5.74, 6) is 0.779. The molecule has 0 heterocycles. The van der Waals surface area contributed by atoms with Crippen molar-refractivity contribution < 1.29 is 9.53 Å². The Morgan fingerprint density at radius 2 is 1.95 bits per heavy atom. The van der Waals surface area contributed by atoms with E-state index in [0.29, 0.717) is 6.54 Å². The number of benzene rings is 1. The molecule has 1 N–H and O–H groups in total. The number of nitrogens with zero attached hydrogens (tertiary/aromatic N) is 1. The molecule has 0 unspecified atom stereocenters. The Morgan fingerprint density at radius 1 is 1.30 bits per heavy atom. The molecule has 20 heavy (non-hydrogen) atoms. The Kier molecular flexibility index (Phi) is 6.81. The average Bonchev–Trinajstić information content (AvgIpc) is 2.44. The third-order valence-corrected chi connectivity index (χ3v) is 2.95. The monoisotopic (exact) mass is 276 g/mol. The topological polar surface area (TPSA) is 41.6 Å². The van der Waals surface area contributed by atoms with Crippen LogP contribution in [-0.2, 0) is 4.79 Å². The molecule has 1 amide bonds. The predicted molar refractivity (Wildman–Crippen MR) is 83.2 cm³/mol. The predicted octanol–water partition coefficient (Wildman–Crippen LogP) is 2.92. The molecule has 0 aliphatic rings. The normalized spacial score (nSPS) is 10.2. The van der Waals surface area contributed by atoms with E-state index in [1.54, 1.807) is 7.11 Å². The van der Waals surface area contributed by atoms with Crippen molar-refractivity contribution in [2.75, 3.05) is 32.1 Å². The number of carbonyl (C=O) groups excluding carboxylic acids is 1. The first-order chi connectivity index (χ1) is 9.55. The zero-order chi connectivity index (χ0) is 15.0. The lowest BCUT2D eigenvalue weighted by molar-refractivity contribution is -0.117. The van der Waals surface area contributed by atoms with Gasteiger partial charge in [-0.05, 0) is 44.7 Å². The molecule has 1 aromatic rings. The van der Waals surface area contributed by atoms with Gasteiger partial charge in [-0.2, -0.15) is 0 Å². The average molecular weight is 276 g/mol. The fourth-order valence-corrected chi connectivity index (χ4v) is 1.70. The number of anilines is 1. The second kappa shape index (κ2) is 8.38. The van der Waals surface area contributed by atoms with Crippen LogP contribution in [0.15, 0.2) is 35.9 Å². The Morgan fingerprint density at radius 3 is 2.45 bits per heavy atom. The van der Waals surface area contributed by atoms with Crippen LogP contribution >= 0.6 is 0 Å². The minimum Gasteiger partial charge on any atom is -0.497 e. The van der Waals surface area contributed by atoms with E-state index < -0.39 is 0 Å². The van der Waals surface area contributed by atoms with Crippen molar-refractivity contribution in [1.29, 1.82) is 0 Å². The van der Waals surface area contributed by atoms with Crippen LogP contribution in [0, 0.1) is 0 Å². The summed E-state index contributed by atoms with van der Waals surface area (Å²) in [5, 5.41) is 2.89.